The molecule has 2 heterocycles. The lowest BCUT2D eigenvalue weighted by Gasteiger charge is -2.25. The molecule has 1 aromatic carbocycles. The summed E-state index contributed by atoms with van der Waals surface area (Å²) in [6, 6.07) is 9.22. The van der Waals surface area contributed by atoms with E-state index in [1.54, 1.807) is 12.1 Å². The number of H-pyrrole nitrogens is 1. The van der Waals surface area contributed by atoms with Gasteiger partial charge in [-0.3, -0.25) is 5.10 Å². The molecule has 25 heavy (non-hydrogen) atoms. The Morgan fingerprint density at radius 3 is 2.96 bits per heavy atom. The Morgan fingerprint density at radius 1 is 1.48 bits per heavy atom. The second kappa shape index (κ2) is 6.57. The lowest BCUT2D eigenvalue weighted by atomic mass is 9.83. The van der Waals surface area contributed by atoms with Crippen molar-refractivity contribution in [1.29, 1.82) is 5.26 Å². The molecule has 0 radical (unpaired) electrons. The minimum atomic E-state index is -0.513. The molecule has 0 fully saturated rings. The molecule has 3 rings (SSSR count). The van der Waals surface area contributed by atoms with E-state index in [1.165, 1.54) is 7.11 Å². The third-order valence-corrected chi connectivity index (χ3v) is 3.93. The zero-order valence-corrected chi connectivity index (χ0v) is 13.7. The van der Waals surface area contributed by atoms with Crippen LogP contribution in [0.3, 0.4) is 0 Å². The second-order valence-corrected chi connectivity index (χ2v) is 5.39. The summed E-state index contributed by atoms with van der Waals surface area (Å²) in [4.78, 5) is 11.4. The lowest BCUT2D eigenvalue weighted by Crippen LogP contribution is -2.22. The van der Waals surface area contributed by atoms with Crippen molar-refractivity contribution in [3.05, 3.63) is 52.5 Å². The number of nitrogens with two attached hydrogens (primary N) is 1. The third kappa shape index (κ3) is 2.87. The number of nitriles is 1. The van der Waals surface area contributed by atoms with E-state index in [1.807, 2.05) is 19.1 Å². The Labute approximate surface area is 143 Å². The molecule has 8 heteroatoms. The maximum absolute atomic E-state index is 11.4. The summed E-state index contributed by atoms with van der Waals surface area (Å²) in [7, 11) is 1.29. The molecular weight excluding hydrogens is 324 g/mol. The number of ether oxygens (including phenoxy) is 3. The highest BCUT2D eigenvalue weighted by molar-refractivity contribution is 5.71. The highest BCUT2D eigenvalue weighted by Crippen LogP contribution is 2.45. The summed E-state index contributed by atoms with van der Waals surface area (Å²) in [6.07, 6.45) is 0. The van der Waals surface area contributed by atoms with Crippen LogP contribution in [-0.2, 0) is 9.53 Å². The van der Waals surface area contributed by atoms with Gasteiger partial charge in [-0.05, 0) is 13.0 Å². The predicted octanol–water partition coefficient (Wildman–Crippen LogP) is 1.49. The first-order valence-corrected chi connectivity index (χ1v) is 7.47. The molecule has 3 N–H and O–H groups in total. The third-order valence-electron chi connectivity index (χ3n) is 3.93. The van der Waals surface area contributed by atoms with Crippen LogP contribution in [0.1, 0.15) is 22.7 Å². The largest absolute Gasteiger partial charge is 0.482 e. The van der Waals surface area contributed by atoms with Crippen LogP contribution in [0.5, 0.6) is 11.6 Å². The summed E-state index contributed by atoms with van der Waals surface area (Å²) in [5, 5.41) is 16.5. The van der Waals surface area contributed by atoms with Crippen molar-refractivity contribution in [2.45, 2.75) is 12.8 Å². The van der Waals surface area contributed by atoms with Crippen molar-refractivity contribution in [1.82, 2.24) is 10.2 Å². The molecule has 1 aromatic heterocycles. The van der Waals surface area contributed by atoms with Crippen molar-refractivity contribution in [2.24, 2.45) is 5.73 Å². The van der Waals surface area contributed by atoms with Crippen LogP contribution in [0, 0.1) is 18.3 Å². The Morgan fingerprint density at radius 2 is 2.24 bits per heavy atom. The van der Waals surface area contributed by atoms with E-state index in [4.69, 9.17) is 15.2 Å². The van der Waals surface area contributed by atoms with E-state index < -0.39 is 11.9 Å². The zero-order chi connectivity index (χ0) is 18.0. The molecule has 1 aliphatic heterocycles. The minimum Gasteiger partial charge on any atom is -0.482 e. The number of nitrogens with zero attached hydrogens (tertiary/aromatic N) is 2. The van der Waals surface area contributed by atoms with E-state index in [2.05, 4.69) is 21.0 Å². The molecule has 0 spiro atoms. The number of nitrogens with one attached hydrogen (secondary N) is 1. The number of allylic oxidation sites excluding steroid dienone is 1. The van der Waals surface area contributed by atoms with Gasteiger partial charge in [0, 0.05) is 16.8 Å². The molecule has 1 atom stereocenters. The number of esters is 1. The van der Waals surface area contributed by atoms with Crippen molar-refractivity contribution in [2.75, 3.05) is 13.7 Å². The predicted molar refractivity (Wildman–Crippen MR) is 86.6 cm³/mol. The number of carbonyl (C=O) groups is 1. The average Bonchev–Trinajstić information content (AvgIpc) is 2.99. The van der Waals surface area contributed by atoms with Gasteiger partial charge in [0.05, 0.1) is 13.0 Å². The number of aryl methyl sites for hydroxylation is 1. The number of hydrogen-bond donors (Lipinski definition) is 2. The maximum Gasteiger partial charge on any atom is 0.343 e. The van der Waals surface area contributed by atoms with E-state index in [-0.39, 0.29) is 18.1 Å². The number of hydrogen-bond acceptors (Lipinski definition) is 7. The first kappa shape index (κ1) is 16.4. The van der Waals surface area contributed by atoms with Crippen molar-refractivity contribution in [3.63, 3.8) is 0 Å². The van der Waals surface area contributed by atoms with Gasteiger partial charge in [-0.2, -0.15) is 5.26 Å². The van der Waals surface area contributed by atoms with Gasteiger partial charge in [0.15, 0.2) is 6.61 Å². The van der Waals surface area contributed by atoms with Gasteiger partial charge in [0.1, 0.15) is 17.4 Å². The van der Waals surface area contributed by atoms with Crippen LogP contribution in [-0.4, -0.2) is 29.9 Å². The van der Waals surface area contributed by atoms with E-state index in [9.17, 15) is 10.1 Å². The number of rotatable bonds is 4. The molecule has 0 unspecified atom stereocenters. The Balaban J connectivity index is 2.10. The fraction of sp³-hybridized carbons (Fsp3) is 0.235. The average molecular weight is 340 g/mol. The lowest BCUT2D eigenvalue weighted by molar-refractivity contribution is -0.142. The molecule has 0 saturated heterocycles. The first-order chi connectivity index (χ1) is 12.1. The normalized spacial score (nSPS) is 15.8. The first-order valence-electron chi connectivity index (χ1n) is 7.47. The summed E-state index contributed by atoms with van der Waals surface area (Å²) >= 11 is 0. The number of carbonyl (C=O) groups excluding carboxylic acids is 1. The highest BCUT2D eigenvalue weighted by Gasteiger charge is 2.35. The fourth-order valence-electron chi connectivity index (χ4n) is 2.76. The van der Waals surface area contributed by atoms with Gasteiger partial charge >= 0.3 is 5.97 Å². The molecule has 1 aliphatic rings. The Bertz CT molecular complexity index is 894. The zero-order valence-electron chi connectivity index (χ0n) is 13.7. The fourth-order valence-corrected chi connectivity index (χ4v) is 2.76. The standard InChI is InChI=1S/C17H16N4O4/c1-9-14-15(11(7-18)16(19)25-17(14)21-20-9)10-5-3-4-6-12(10)24-8-13(22)23-2/h3-6,15H,8,19H2,1-2H3,(H,20,21)/t15-/m1/s1. The van der Waals surface area contributed by atoms with Gasteiger partial charge < -0.3 is 19.9 Å². The number of methoxy groups -OCH3 is 1. The van der Waals surface area contributed by atoms with Crippen LogP contribution in [0.4, 0.5) is 0 Å². The summed E-state index contributed by atoms with van der Waals surface area (Å²) < 4.78 is 15.6. The molecule has 0 aliphatic carbocycles. The monoisotopic (exact) mass is 340 g/mol. The SMILES string of the molecule is COC(=O)COc1ccccc1[C@@H]1C(C#N)=C(N)Oc2n[nH]c(C)c21. The number of aromatic amines is 1. The molecule has 128 valence electrons. The summed E-state index contributed by atoms with van der Waals surface area (Å²) in [5.74, 6) is -0.248. The van der Waals surface area contributed by atoms with E-state index in [0.717, 1.165) is 5.69 Å². The molecule has 0 saturated carbocycles. The van der Waals surface area contributed by atoms with Gasteiger partial charge in [-0.15, -0.1) is 5.10 Å². The topological polar surface area (TPSA) is 123 Å². The second-order valence-electron chi connectivity index (χ2n) is 5.39. The molecular formula is C17H16N4O4. The van der Waals surface area contributed by atoms with Crippen molar-refractivity contribution in [3.8, 4) is 17.7 Å². The van der Waals surface area contributed by atoms with Gasteiger partial charge in [0.25, 0.3) is 0 Å². The molecule has 0 amide bonds. The van der Waals surface area contributed by atoms with Crippen LogP contribution in [0.25, 0.3) is 0 Å². The van der Waals surface area contributed by atoms with Crippen LogP contribution < -0.4 is 15.2 Å². The molecule has 0 bridgehead atoms. The van der Waals surface area contributed by atoms with Crippen molar-refractivity contribution >= 4 is 5.97 Å². The van der Waals surface area contributed by atoms with Crippen molar-refractivity contribution < 1.29 is 19.0 Å². The molecule has 2 aromatic rings. The maximum atomic E-state index is 11.4. The number of aromatic nitrogens is 2. The van der Waals surface area contributed by atoms with Gasteiger partial charge in [0.2, 0.25) is 11.8 Å². The number of para-hydroxylation sites is 1. The van der Waals surface area contributed by atoms with Gasteiger partial charge in [-0.1, -0.05) is 18.2 Å². The smallest absolute Gasteiger partial charge is 0.343 e. The van der Waals surface area contributed by atoms with E-state index >= 15 is 0 Å². The van der Waals surface area contributed by atoms with Gasteiger partial charge in [-0.25, -0.2) is 4.79 Å². The number of fused-ring (bicyclic) bond motifs is 1. The summed E-state index contributed by atoms with van der Waals surface area (Å²) in [5.41, 5.74) is 8.30. The summed E-state index contributed by atoms with van der Waals surface area (Å²) in [6.45, 7) is 1.59. The number of benzene rings is 1. The quantitative estimate of drug-likeness (QED) is 0.808. The Kier molecular flexibility index (Phi) is 4.31. The minimum absolute atomic E-state index is 0.00530. The van der Waals surface area contributed by atoms with E-state index in [0.29, 0.717) is 22.8 Å². The van der Waals surface area contributed by atoms with Crippen LogP contribution >= 0.6 is 0 Å². The Hall–Kier alpha value is -3.47. The molecule has 8 nitrogen and oxygen atoms in total. The van der Waals surface area contributed by atoms with Crippen LogP contribution in [0.15, 0.2) is 35.7 Å². The van der Waals surface area contributed by atoms with Crippen LogP contribution in [0.2, 0.25) is 0 Å². The highest BCUT2D eigenvalue weighted by atomic mass is 16.6.